The fourth-order valence-electron chi connectivity index (χ4n) is 1.73. The van der Waals surface area contributed by atoms with Crippen molar-refractivity contribution in [1.82, 2.24) is 5.43 Å². The average molecular weight is 286 g/mol. The Morgan fingerprint density at radius 2 is 2.05 bits per heavy atom. The minimum absolute atomic E-state index is 0.213. The summed E-state index contributed by atoms with van der Waals surface area (Å²) in [5.74, 6) is 0.152. The predicted octanol–water partition coefficient (Wildman–Crippen LogP) is 2.53. The summed E-state index contributed by atoms with van der Waals surface area (Å²) in [4.78, 5) is 11.7. The van der Waals surface area contributed by atoms with Gasteiger partial charge in [0.25, 0.3) is 0 Å². The van der Waals surface area contributed by atoms with Crippen LogP contribution in [-0.4, -0.2) is 19.2 Å². The highest BCUT2D eigenvalue weighted by atomic mass is 19.1. The largest absolute Gasteiger partial charge is 0.497 e. The van der Waals surface area contributed by atoms with Crippen molar-refractivity contribution in [3.05, 3.63) is 65.5 Å². The molecule has 108 valence electrons. The summed E-state index contributed by atoms with van der Waals surface area (Å²) in [6.07, 6.45) is 1.61. The Balaban J connectivity index is 1.86. The van der Waals surface area contributed by atoms with Crippen LogP contribution in [0.5, 0.6) is 5.75 Å². The van der Waals surface area contributed by atoms with Gasteiger partial charge in [0.15, 0.2) is 0 Å². The van der Waals surface area contributed by atoms with E-state index in [1.54, 1.807) is 31.4 Å². The Morgan fingerprint density at radius 1 is 1.29 bits per heavy atom. The van der Waals surface area contributed by atoms with Gasteiger partial charge in [-0.15, -0.1) is 0 Å². The molecule has 0 fully saturated rings. The number of ether oxygens (including phenoxy) is 1. The molecule has 5 heteroatoms. The number of amides is 1. The van der Waals surface area contributed by atoms with Crippen LogP contribution >= 0.6 is 0 Å². The van der Waals surface area contributed by atoms with Gasteiger partial charge in [-0.1, -0.05) is 24.3 Å². The highest BCUT2D eigenvalue weighted by Crippen LogP contribution is 2.11. The SMILES string of the molecule is COc1ccc(CC(=O)N/N=C\c2cccc(F)c2)cc1. The number of carbonyl (C=O) groups is 1. The number of halogens is 1. The van der Waals surface area contributed by atoms with Crippen molar-refractivity contribution in [1.29, 1.82) is 0 Å². The summed E-state index contributed by atoms with van der Waals surface area (Å²) in [5, 5.41) is 3.80. The Kier molecular flexibility index (Phi) is 5.04. The third-order valence-corrected chi connectivity index (χ3v) is 2.78. The zero-order valence-corrected chi connectivity index (χ0v) is 11.5. The summed E-state index contributed by atoms with van der Waals surface area (Å²) < 4.78 is 18.0. The van der Waals surface area contributed by atoms with E-state index in [0.29, 0.717) is 5.56 Å². The first kappa shape index (κ1) is 14.7. The number of methoxy groups -OCH3 is 1. The van der Waals surface area contributed by atoms with Crippen molar-refractivity contribution < 1.29 is 13.9 Å². The van der Waals surface area contributed by atoms with E-state index in [1.807, 2.05) is 12.1 Å². The van der Waals surface area contributed by atoms with E-state index in [4.69, 9.17) is 4.74 Å². The zero-order valence-electron chi connectivity index (χ0n) is 11.5. The molecule has 0 bridgehead atoms. The van der Waals surface area contributed by atoms with Gasteiger partial charge in [-0.25, -0.2) is 9.82 Å². The molecule has 0 spiro atoms. The van der Waals surface area contributed by atoms with E-state index in [0.717, 1.165) is 11.3 Å². The van der Waals surface area contributed by atoms with E-state index >= 15 is 0 Å². The molecule has 2 aromatic rings. The monoisotopic (exact) mass is 286 g/mol. The molecule has 0 atom stereocenters. The Morgan fingerprint density at radius 3 is 2.71 bits per heavy atom. The second kappa shape index (κ2) is 7.19. The molecule has 0 aliphatic heterocycles. The van der Waals surface area contributed by atoms with E-state index in [2.05, 4.69) is 10.5 Å². The number of hydrogen-bond donors (Lipinski definition) is 1. The molecule has 0 heterocycles. The molecule has 2 aromatic carbocycles. The topological polar surface area (TPSA) is 50.7 Å². The van der Waals surface area contributed by atoms with Gasteiger partial charge in [-0.05, 0) is 35.4 Å². The van der Waals surface area contributed by atoms with Gasteiger partial charge in [0.2, 0.25) is 5.91 Å². The third kappa shape index (κ3) is 4.72. The first-order chi connectivity index (χ1) is 10.2. The maximum atomic E-state index is 12.9. The molecule has 0 saturated carbocycles. The number of hydrogen-bond acceptors (Lipinski definition) is 3. The Bertz CT molecular complexity index is 639. The lowest BCUT2D eigenvalue weighted by atomic mass is 10.1. The van der Waals surface area contributed by atoms with Crippen LogP contribution in [0.25, 0.3) is 0 Å². The van der Waals surface area contributed by atoms with Gasteiger partial charge in [0.05, 0.1) is 19.7 Å². The molecule has 0 unspecified atom stereocenters. The quantitative estimate of drug-likeness (QED) is 0.678. The van der Waals surface area contributed by atoms with Crippen LogP contribution in [0.3, 0.4) is 0 Å². The van der Waals surface area contributed by atoms with Crippen LogP contribution in [0.4, 0.5) is 4.39 Å². The second-order valence-corrected chi connectivity index (χ2v) is 4.37. The maximum Gasteiger partial charge on any atom is 0.244 e. The lowest BCUT2D eigenvalue weighted by Gasteiger charge is -2.02. The van der Waals surface area contributed by atoms with Crippen molar-refractivity contribution >= 4 is 12.1 Å². The van der Waals surface area contributed by atoms with Crippen LogP contribution < -0.4 is 10.2 Å². The number of rotatable bonds is 5. The van der Waals surface area contributed by atoms with Crippen molar-refractivity contribution in [3.63, 3.8) is 0 Å². The molecule has 0 saturated heterocycles. The predicted molar refractivity (Wildman–Crippen MR) is 78.8 cm³/mol. The minimum atomic E-state index is -0.344. The molecule has 1 amide bonds. The maximum absolute atomic E-state index is 12.9. The van der Waals surface area contributed by atoms with Crippen LogP contribution in [0.2, 0.25) is 0 Å². The highest BCUT2D eigenvalue weighted by Gasteiger charge is 2.02. The summed E-state index contributed by atoms with van der Waals surface area (Å²) >= 11 is 0. The van der Waals surface area contributed by atoms with E-state index < -0.39 is 0 Å². The smallest absolute Gasteiger partial charge is 0.244 e. The number of nitrogens with zero attached hydrogens (tertiary/aromatic N) is 1. The third-order valence-electron chi connectivity index (χ3n) is 2.78. The molecule has 0 aliphatic rings. The van der Waals surface area contributed by atoms with Gasteiger partial charge < -0.3 is 4.74 Å². The standard InChI is InChI=1S/C16H15FN2O2/c1-21-15-7-5-12(6-8-15)10-16(20)19-18-11-13-3-2-4-14(17)9-13/h2-9,11H,10H2,1H3,(H,19,20)/b18-11-. The molecule has 0 radical (unpaired) electrons. The van der Waals surface area contributed by atoms with Crippen LogP contribution in [0.1, 0.15) is 11.1 Å². The molecule has 0 aliphatic carbocycles. The van der Waals surface area contributed by atoms with Crippen LogP contribution in [-0.2, 0) is 11.2 Å². The molecule has 4 nitrogen and oxygen atoms in total. The van der Waals surface area contributed by atoms with E-state index in [1.165, 1.54) is 18.3 Å². The van der Waals surface area contributed by atoms with Crippen molar-refractivity contribution in [2.45, 2.75) is 6.42 Å². The van der Waals surface area contributed by atoms with Crippen molar-refractivity contribution in [2.24, 2.45) is 5.10 Å². The van der Waals surface area contributed by atoms with Gasteiger partial charge in [-0.3, -0.25) is 4.79 Å². The fourth-order valence-corrected chi connectivity index (χ4v) is 1.73. The first-order valence-electron chi connectivity index (χ1n) is 6.38. The lowest BCUT2D eigenvalue weighted by Crippen LogP contribution is -2.19. The number of benzene rings is 2. The number of carbonyl (C=O) groups excluding carboxylic acids is 1. The minimum Gasteiger partial charge on any atom is -0.497 e. The molecule has 1 N–H and O–H groups in total. The normalized spacial score (nSPS) is 10.6. The summed E-state index contributed by atoms with van der Waals surface area (Å²) in [6, 6.07) is 13.2. The van der Waals surface area contributed by atoms with Crippen molar-refractivity contribution in [2.75, 3.05) is 7.11 Å². The van der Waals surface area contributed by atoms with E-state index in [-0.39, 0.29) is 18.1 Å². The molecular weight excluding hydrogens is 271 g/mol. The summed E-state index contributed by atoms with van der Waals surface area (Å²) in [5.41, 5.74) is 3.84. The highest BCUT2D eigenvalue weighted by molar-refractivity contribution is 5.83. The average Bonchev–Trinajstić information content (AvgIpc) is 2.48. The van der Waals surface area contributed by atoms with Crippen LogP contribution in [0, 0.1) is 5.82 Å². The van der Waals surface area contributed by atoms with E-state index in [9.17, 15) is 9.18 Å². The first-order valence-corrected chi connectivity index (χ1v) is 6.38. The zero-order chi connectivity index (χ0) is 15.1. The second-order valence-electron chi connectivity index (χ2n) is 4.37. The molecule has 0 aromatic heterocycles. The molecule has 2 rings (SSSR count). The number of hydrazone groups is 1. The lowest BCUT2D eigenvalue weighted by molar-refractivity contribution is -0.120. The Hall–Kier alpha value is -2.69. The molecule has 21 heavy (non-hydrogen) atoms. The van der Waals surface area contributed by atoms with Gasteiger partial charge in [-0.2, -0.15) is 5.10 Å². The van der Waals surface area contributed by atoms with Crippen LogP contribution in [0.15, 0.2) is 53.6 Å². The van der Waals surface area contributed by atoms with Gasteiger partial charge in [0.1, 0.15) is 11.6 Å². The Labute approximate surface area is 122 Å². The molecular formula is C16H15FN2O2. The van der Waals surface area contributed by atoms with Gasteiger partial charge in [0, 0.05) is 0 Å². The number of nitrogens with one attached hydrogen (secondary N) is 1. The fraction of sp³-hybridized carbons (Fsp3) is 0.125. The summed E-state index contributed by atoms with van der Waals surface area (Å²) in [7, 11) is 1.59. The summed E-state index contributed by atoms with van der Waals surface area (Å²) in [6.45, 7) is 0. The van der Waals surface area contributed by atoms with Gasteiger partial charge >= 0.3 is 0 Å². The van der Waals surface area contributed by atoms with Crippen molar-refractivity contribution in [3.8, 4) is 5.75 Å².